The average molecular weight is 407 g/mol. The van der Waals surface area contributed by atoms with Crippen molar-refractivity contribution >= 4 is 23.4 Å². The zero-order chi connectivity index (χ0) is 20.1. The normalized spacial score (nSPS) is 13.2. The molecule has 0 radical (unpaired) electrons. The lowest BCUT2D eigenvalue weighted by atomic mass is 10.2. The highest BCUT2D eigenvalue weighted by Gasteiger charge is 2.20. The maximum atomic E-state index is 12.6. The molecule has 1 aromatic heterocycles. The Morgan fingerprint density at radius 3 is 2.79 bits per heavy atom. The Morgan fingerprint density at radius 2 is 2.04 bits per heavy atom. The zero-order valence-electron chi connectivity index (χ0n) is 15.4. The third kappa shape index (κ3) is 4.39. The fraction of sp³-hybridized carbons (Fsp3) is 0.389. The Morgan fingerprint density at radius 1 is 1.29 bits per heavy atom. The minimum Gasteiger partial charge on any atom is -0.490 e. The van der Waals surface area contributed by atoms with Gasteiger partial charge < -0.3 is 19.9 Å². The molecule has 0 saturated heterocycles. The van der Waals surface area contributed by atoms with Gasteiger partial charge in [-0.05, 0) is 18.2 Å². The van der Waals surface area contributed by atoms with Gasteiger partial charge in [0, 0.05) is 18.4 Å². The first-order chi connectivity index (χ1) is 13.5. The highest BCUT2D eigenvalue weighted by molar-refractivity contribution is 8.00. The molecule has 9 nitrogen and oxygen atoms in total. The van der Waals surface area contributed by atoms with Crippen LogP contribution in [0.15, 0.2) is 32.7 Å². The van der Waals surface area contributed by atoms with Crippen molar-refractivity contribution in [3.05, 3.63) is 44.6 Å². The van der Waals surface area contributed by atoms with Gasteiger partial charge >= 0.3 is 5.69 Å². The van der Waals surface area contributed by atoms with Crippen LogP contribution in [0.25, 0.3) is 0 Å². The van der Waals surface area contributed by atoms with E-state index in [-0.39, 0.29) is 30.3 Å². The van der Waals surface area contributed by atoms with E-state index < -0.39 is 17.0 Å². The lowest BCUT2D eigenvalue weighted by molar-refractivity contribution is 0.102. The number of anilines is 1. The van der Waals surface area contributed by atoms with Crippen LogP contribution in [0.3, 0.4) is 0 Å². The number of benzene rings is 1. The number of nitrogens with one attached hydrogen (secondary N) is 1. The summed E-state index contributed by atoms with van der Waals surface area (Å²) < 4.78 is 17.3. The molecule has 0 fully saturated rings. The first kappa shape index (κ1) is 20.0. The number of Topliss-reactive ketones (excluding diaryl/α,β-unsaturated/α-hetero) is 1. The van der Waals surface area contributed by atoms with Crippen molar-refractivity contribution < 1.29 is 19.0 Å². The van der Waals surface area contributed by atoms with Gasteiger partial charge in [0.15, 0.2) is 17.3 Å². The number of ketones is 1. The molecule has 28 heavy (non-hydrogen) atoms. The molecule has 0 unspecified atom stereocenters. The number of fused-ring (bicyclic) bond motifs is 1. The molecular formula is C18H21N3O6S. The second-order valence-electron chi connectivity index (χ2n) is 6.03. The highest BCUT2D eigenvalue weighted by Crippen LogP contribution is 2.34. The van der Waals surface area contributed by atoms with E-state index in [1.165, 1.54) is 18.9 Å². The number of hydrogen-bond acceptors (Lipinski definition) is 8. The SMILES string of the molecule is COCCn1c(N)c(C(=O)CSc2ccc3c(c2)OCCCO3)c(=O)[nH]c1=O. The molecule has 0 spiro atoms. The van der Waals surface area contributed by atoms with Crippen LogP contribution < -0.4 is 26.5 Å². The summed E-state index contributed by atoms with van der Waals surface area (Å²) in [4.78, 5) is 39.6. The van der Waals surface area contributed by atoms with Gasteiger partial charge in [0.25, 0.3) is 5.56 Å². The fourth-order valence-electron chi connectivity index (χ4n) is 2.72. The summed E-state index contributed by atoms with van der Waals surface area (Å²) in [5.74, 6) is 0.645. The number of carbonyl (C=O) groups is 1. The molecule has 0 aliphatic carbocycles. The smallest absolute Gasteiger partial charge is 0.330 e. The van der Waals surface area contributed by atoms with E-state index in [4.69, 9.17) is 19.9 Å². The molecule has 10 heteroatoms. The quantitative estimate of drug-likeness (QED) is 0.512. The van der Waals surface area contributed by atoms with Crippen molar-refractivity contribution in [2.75, 3.05) is 38.4 Å². The van der Waals surface area contributed by atoms with Gasteiger partial charge in [-0.25, -0.2) is 4.79 Å². The van der Waals surface area contributed by atoms with E-state index in [2.05, 4.69) is 4.98 Å². The molecule has 3 rings (SSSR count). The van der Waals surface area contributed by atoms with Crippen LogP contribution >= 0.6 is 11.8 Å². The van der Waals surface area contributed by atoms with Crippen LogP contribution in [0.1, 0.15) is 16.8 Å². The number of nitrogen functional groups attached to an aromatic ring is 1. The van der Waals surface area contributed by atoms with E-state index in [9.17, 15) is 14.4 Å². The maximum Gasteiger partial charge on any atom is 0.330 e. The Kier molecular flexibility index (Phi) is 6.42. The lowest BCUT2D eigenvalue weighted by Gasteiger charge is -2.12. The zero-order valence-corrected chi connectivity index (χ0v) is 16.2. The van der Waals surface area contributed by atoms with E-state index in [1.54, 1.807) is 12.1 Å². The van der Waals surface area contributed by atoms with Gasteiger partial charge in [-0.1, -0.05) is 0 Å². The third-order valence-electron chi connectivity index (χ3n) is 4.13. The van der Waals surface area contributed by atoms with Gasteiger partial charge in [0.1, 0.15) is 11.4 Å². The summed E-state index contributed by atoms with van der Waals surface area (Å²) in [6, 6.07) is 5.41. The summed E-state index contributed by atoms with van der Waals surface area (Å²) in [5.41, 5.74) is 4.23. The van der Waals surface area contributed by atoms with Crippen LogP contribution in [0.4, 0.5) is 5.82 Å². The van der Waals surface area contributed by atoms with E-state index in [0.29, 0.717) is 24.7 Å². The van der Waals surface area contributed by atoms with Crippen molar-refractivity contribution in [3.8, 4) is 11.5 Å². The van der Waals surface area contributed by atoms with Gasteiger partial charge in [0.2, 0.25) is 0 Å². The minimum absolute atomic E-state index is 0.0184. The number of H-pyrrole nitrogens is 1. The molecule has 1 aliphatic rings. The molecule has 0 bridgehead atoms. The molecule has 1 aliphatic heterocycles. The number of rotatable bonds is 7. The second kappa shape index (κ2) is 8.98. The van der Waals surface area contributed by atoms with Crippen LogP contribution in [0.2, 0.25) is 0 Å². The summed E-state index contributed by atoms with van der Waals surface area (Å²) in [6.45, 7) is 1.51. The number of thioether (sulfide) groups is 1. The van der Waals surface area contributed by atoms with E-state index in [0.717, 1.165) is 15.9 Å². The Bertz CT molecular complexity index is 984. The van der Waals surface area contributed by atoms with Crippen molar-refractivity contribution in [2.24, 2.45) is 0 Å². The molecule has 2 aromatic rings. The minimum atomic E-state index is -0.791. The number of nitrogens with zero attached hydrogens (tertiary/aromatic N) is 1. The van der Waals surface area contributed by atoms with Crippen molar-refractivity contribution in [1.82, 2.24) is 9.55 Å². The van der Waals surface area contributed by atoms with Crippen molar-refractivity contribution in [1.29, 1.82) is 0 Å². The Labute approximate surface area is 164 Å². The van der Waals surface area contributed by atoms with E-state index in [1.807, 2.05) is 6.07 Å². The van der Waals surface area contributed by atoms with Crippen LogP contribution in [-0.2, 0) is 11.3 Å². The molecule has 2 heterocycles. The van der Waals surface area contributed by atoms with Gasteiger partial charge in [0.05, 0.1) is 32.1 Å². The number of ether oxygens (including phenoxy) is 3. The van der Waals surface area contributed by atoms with Gasteiger partial charge in [-0.2, -0.15) is 0 Å². The number of nitrogens with two attached hydrogens (primary N) is 1. The van der Waals surface area contributed by atoms with Gasteiger partial charge in [-0.3, -0.25) is 19.1 Å². The molecular weight excluding hydrogens is 386 g/mol. The fourth-order valence-corrected chi connectivity index (χ4v) is 3.51. The summed E-state index contributed by atoms with van der Waals surface area (Å²) in [6.07, 6.45) is 0.802. The predicted molar refractivity (Wildman–Crippen MR) is 105 cm³/mol. The summed E-state index contributed by atoms with van der Waals surface area (Å²) >= 11 is 1.24. The maximum absolute atomic E-state index is 12.6. The van der Waals surface area contributed by atoms with Crippen LogP contribution in [0.5, 0.6) is 11.5 Å². The second-order valence-corrected chi connectivity index (χ2v) is 7.08. The predicted octanol–water partition coefficient (Wildman–Crippen LogP) is 0.902. The average Bonchev–Trinajstić information content (AvgIpc) is 2.91. The Hall–Kier alpha value is -2.72. The standard InChI is InChI=1S/C18H21N3O6S/c1-25-8-5-21-16(19)15(17(23)20-18(21)24)12(22)10-28-11-3-4-13-14(9-11)27-7-2-6-26-13/h3-4,9H,2,5-8,10,19H2,1H3,(H,20,23,24). The molecule has 150 valence electrons. The monoisotopic (exact) mass is 407 g/mol. The van der Waals surface area contributed by atoms with E-state index >= 15 is 0 Å². The first-order valence-corrected chi connectivity index (χ1v) is 9.67. The first-order valence-electron chi connectivity index (χ1n) is 8.68. The lowest BCUT2D eigenvalue weighted by Crippen LogP contribution is -2.37. The largest absolute Gasteiger partial charge is 0.490 e. The van der Waals surface area contributed by atoms with Crippen molar-refractivity contribution in [2.45, 2.75) is 17.9 Å². The molecule has 0 saturated carbocycles. The summed E-state index contributed by atoms with van der Waals surface area (Å²) in [7, 11) is 1.48. The number of aromatic amines is 1. The molecule has 0 atom stereocenters. The molecule has 1 aromatic carbocycles. The number of carbonyl (C=O) groups excluding carboxylic acids is 1. The Balaban J connectivity index is 1.77. The van der Waals surface area contributed by atoms with Gasteiger partial charge in [-0.15, -0.1) is 11.8 Å². The third-order valence-corrected chi connectivity index (χ3v) is 5.12. The van der Waals surface area contributed by atoms with Crippen LogP contribution in [0, 0.1) is 0 Å². The topological polar surface area (TPSA) is 126 Å². The highest BCUT2D eigenvalue weighted by atomic mass is 32.2. The summed E-state index contributed by atoms with van der Waals surface area (Å²) in [5, 5.41) is 0. The molecule has 0 amide bonds. The number of hydrogen-bond donors (Lipinski definition) is 2. The molecule has 3 N–H and O–H groups in total. The van der Waals surface area contributed by atoms with Crippen LogP contribution in [-0.4, -0.2) is 48.0 Å². The number of methoxy groups -OCH3 is 1. The van der Waals surface area contributed by atoms with Crippen molar-refractivity contribution in [3.63, 3.8) is 0 Å². The number of aromatic nitrogens is 2.